The average molecular weight is 187 g/mol. The van der Waals surface area contributed by atoms with E-state index in [1.807, 2.05) is 34.7 Å². The Kier molecular flexibility index (Phi) is 4.99. The minimum atomic E-state index is -0.109. The van der Waals surface area contributed by atoms with Gasteiger partial charge in [-0.25, -0.2) is 0 Å². The van der Waals surface area contributed by atoms with Crippen LogP contribution in [0.5, 0.6) is 0 Å². The highest BCUT2D eigenvalue weighted by Crippen LogP contribution is 2.26. The second-order valence-corrected chi connectivity index (χ2v) is 4.36. The Balaban J connectivity index is 3.84. The van der Waals surface area contributed by atoms with Crippen molar-refractivity contribution >= 4 is 5.97 Å². The van der Waals surface area contributed by atoms with E-state index in [1.54, 1.807) is 0 Å². The first-order valence-electron chi connectivity index (χ1n) is 4.71. The van der Waals surface area contributed by atoms with Gasteiger partial charge in [0.25, 0.3) is 0 Å². The Morgan fingerprint density at radius 1 is 1.46 bits per heavy atom. The first-order valence-corrected chi connectivity index (χ1v) is 4.71. The number of carbonyl (C=O) groups excluding carboxylic acids is 1. The smallest absolute Gasteiger partial charge is 0.309 e. The van der Waals surface area contributed by atoms with E-state index in [0.717, 1.165) is 0 Å². The maximum absolute atomic E-state index is 11.4. The fourth-order valence-corrected chi connectivity index (χ4v) is 0.732. The lowest BCUT2D eigenvalue weighted by molar-refractivity contribution is -0.151. The third-order valence-electron chi connectivity index (χ3n) is 2.25. The molecule has 0 heterocycles. The Morgan fingerprint density at radius 2 is 2.00 bits per heavy atom. The molecule has 0 rings (SSSR count). The first-order chi connectivity index (χ1) is 5.89. The first kappa shape index (κ1) is 12.4. The van der Waals surface area contributed by atoms with Crippen LogP contribution in [0.1, 0.15) is 27.7 Å². The van der Waals surface area contributed by atoms with Crippen molar-refractivity contribution in [3.8, 4) is 0 Å². The third kappa shape index (κ3) is 4.88. The summed E-state index contributed by atoms with van der Waals surface area (Å²) in [4.78, 5) is 11.4. The molecular formula is C10H21NO2. The van der Waals surface area contributed by atoms with Crippen LogP contribution in [0.4, 0.5) is 0 Å². The molecule has 0 aromatic carbocycles. The van der Waals surface area contributed by atoms with Crippen molar-refractivity contribution in [3.63, 3.8) is 0 Å². The van der Waals surface area contributed by atoms with Crippen LogP contribution in [0.15, 0.2) is 0 Å². The van der Waals surface area contributed by atoms with Crippen LogP contribution < -0.4 is 5.32 Å². The van der Waals surface area contributed by atoms with Crippen LogP contribution in [-0.2, 0) is 9.53 Å². The average Bonchev–Trinajstić information content (AvgIpc) is 2.01. The van der Waals surface area contributed by atoms with Crippen molar-refractivity contribution in [2.45, 2.75) is 27.7 Å². The van der Waals surface area contributed by atoms with Crippen molar-refractivity contribution < 1.29 is 9.53 Å². The largest absolute Gasteiger partial charge is 0.464 e. The highest BCUT2D eigenvalue weighted by molar-refractivity contribution is 5.72. The van der Waals surface area contributed by atoms with Crippen LogP contribution in [-0.4, -0.2) is 26.2 Å². The molecule has 3 heteroatoms. The SMILES string of the molecule is CNCCOC(=O)C(C)C(C)(C)C. The Bertz CT molecular complexity index is 161. The minimum absolute atomic E-state index is 0.0171. The molecule has 0 saturated heterocycles. The van der Waals surface area contributed by atoms with Gasteiger partial charge >= 0.3 is 5.97 Å². The van der Waals surface area contributed by atoms with Gasteiger partial charge in [0.05, 0.1) is 5.92 Å². The number of ether oxygens (including phenoxy) is 1. The monoisotopic (exact) mass is 187 g/mol. The van der Waals surface area contributed by atoms with E-state index in [1.165, 1.54) is 0 Å². The Labute approximate surface area is 80.8 Å². The zero-order chi connectivity index (χ0) is 10.5. The highest BCUT2D eigenvalue weighted by Gasteiger charge is 2.27. The molecule has 0 aliphatic heterocycles. The van der Waals surface area contributed by atoms with Gasteiger partial charge in [0.1, 0.15) is 6.61 Å². The number of rotatable bonds is 4. The molecule has 0 saturated carbocycles. The predicted octanol–water partition coefficient (Wildman–Crippen LogP) is 1.43. The van der Waals surface area contributed by atoms with Gasteiger partial charge in [-0.15, -0.1) is 0 Å². The summed E-state index contributed by atoms with van der Waals surface area (Å²) in [7, 11) is 1.83. The summed E-state index contributed by atoms with van der Waals surface area (Å²) in [6.07, 6.45) is 0. The van der Waals surface area contributed by atoms with E-state index in [2.05, 4.69) is 5.32 Å². The van der Waals surface area contributed by atoms with Gasteiger partial charge in [-0.3, -0.25) is 4.79 Å². The van der Waals surface area contributed by atoms with Gasteiger partial charge < -0.3 is 10.1 Å². The number of hydrogen-bond donors (Lipinski definition) is 1. The number of likely N-dealkylation sites (N-methyl/N-ethyl adjacent to an activating group) is 1. The van der Waals surface area contributed by atoms with E-state index in [0.29, 0.717) is 13.2 Å². The molecule has 1 atom stereocenters. The van der Waals surface area contributed by atoms with E-state index in [-0.39, 0.29) is 17.3 Å². The van der Waals surface area contributed by atoms with Crippen molar-refractivity contribution in [3.05, 3.63) is 0 Å². The molecule has 0 spiro atoms. The molecule has 0 radical (unpaired) electrons. The molecule has 0 aliphatic carbocycles. The molecule has 0 amide bonds. The lowest BCUT2D eigenvalue weighted by Gasteiger charge is -2.25. The molecule has 1 unspecified atom stereocenters. The lowest BCUT2D eigenvalue weighted by Crippen LogP contribution is -2.29. The van der Waals surface area contributed by atoms with Crippen molar-refractivity contribution in [1.29, 1.82) is 0 Å². The molecule has 0 bridgehead atoms. The van der Waals surface area contributed by atoms with Crippen LogP contribution in [0.2, 0.25) is 0 Å². The molecule has 0 aliphatic rings. The maximum Gasteiger partial charge on any atom is 0.309 e. The maximum atomic E-state index is 11.4. The predicted molar refractivity (Wildman–Crippen MR) is 53.5 cm³/mol. The number of esters is 1. The Morgan fingerprint density at radius 3 is 2.38 bits per heavy atom. The van der Waals surface area contributed by atoms with E-state index in [4.69, 9.17) is 4.74 Å². The third-order valence-corrected chi connectivity index (χ3v) is 2.25. The molecule has 13 heavy (non-hydrogen) atoms. The van der Waals surface area contributed by atoms with Crippen molar-refractivity contribution in [2.75, 3.05) is 20.2 Å². The fraction of sp³-hybridized carbons (Fsp3) is 0.900. The quantitative estimate of drug-likeness (QED) is 0.534. The molecule has 1 N–H and O–H groups in total. The van der Waals surface area contributed by atoms with Gasteiger partial charge in [-0.2, -0.15) is 0 Å². The van der Waals surface area contributed by atoms with Gasteiger partial charge in [0, 0.05) is 6.54 Å². The van der Waals surface area contributed by atoms with E-state index in [9.17, 15) is 4.79 Å². The topological polar surface area (TPSA) is 38.3 Å². The highest BCUT2D eigenvalue weighted by atomic mass is 16.5. The normalized spacial score (nSPS) is 13.9. The van der Waals surface area contributed by atoms with Crippen molar-refractivity contribution in [2.24, 2.45) is 11.3 Å². The molecule has 0 aromatic heterocycles. The van der Waals surface area contributed by atoms with E-state index >= 15 is 0 Å². The summed E-state index contributed by atoms with van der Waals surface area (Å²) >= 11 is 0. The second-order valence-electron chi connectivity index (χ2n) is 4.36. The standard InChI is InChI=1S/C10H21NO2/c1-8(10(2,3)4)9(12)13-7-6-11-5/h8,11H,6-7H2,1-5H3. The fourth-order valence-electron chi connectivity index (χ4n) is 0.732. The second kappa shape index (κ2) is 5.22. The molecular weight excluding hydrogens is 166 g/mol. The zero-order valence-corrected chi connectivity index (χ0v) is 9.31. The molecule has 3 nitrogen and oxygen atoms in total. The number of carbonyl (C=O) groups is 1. The number of hydrogen-bond acceptors (Lipinski definition) is 3. The summed E-state index contributed by atoms with van der Waals surface area (Å²) in [5.74, 6) is -0.160. The van der Waals surface area contributed by atoms with Gasteiger partial charge in [0.2, 0.25) is 0 Å². The molecule has 0 fully saturated rings. The summed E-state index contributed by atoms with van der Waals surface area (Å²) in [5, 5.41) is 2.92. The van der Waals surface area contributed by atoms with Gasteiger partial charge in [0.15, 0.2) is 0 Å². The summed E-state index contributed by atoms with van der Waals surface area (Å²) in [5.41, 5.74) is -0.0171. The van der Waals surface area contributed by atoms with Crippen LogP contribution in [0, 0.1) is 11.3 Å². The zero-order valence-electron chi connectivity index (χ0n) is 9.31. The molecule has 0 aromatic rings. The van der Waals surface area contributed by atoms with Gasteiger partial charge in [-0.1, -0.05) is 27.7 Å². The van der Waals surface area contributed by atoms with Crippen LogP contribution >= 0.6 is 0 Å². The minimum Gasteiger partial charge on any atom is -0.464 e. The van der Waals surface area contributed by atoms with Crippen LogP contribution in [0.3, 0.4) is 0 Å². The Hall–Kier alpha value is -0.570. The van der Waals surface area contributed by atoms with Crippen molar-refractivity contribution in [1.82, 2.24) is 5.32 Å². The lowest BCUT2D eigenvalue weighted by atomic mass is 9.82. The molecule has 78 valence electrons. The summed E-state index contributed by atoms with van der Waals surface area (Å²) in [6.45, 7) is 9.19. The van der Waals surface area contributed by atoms with Gasteiger partial charge in [-0.05, 0) is 12.5 Å². The summed E-state index contributed by atoms with van der Waals surface area (Å²) < 4.78 is 5.07. The summed E-state index contributed by atoms with van der Waals surface area (Å²) in [6, 6.07) is 0. The number of nitrogens with one attached hydrogen (secondary N) is 1. The van der Waals surface area contributed by atoms with Crippen LogP contribution in [0.25, 0.3) is 0 Å². The van der Waals surface area contributed by atoms with E-state index < -0.39 is 0 Å².